The van der Waals surface area contributed by atoms with Crippen LogP contribution in [0.3, 0.4) is 0 Å². The molecule has 1 aliphatic rings. The van der Waals surface area contributed by atoms with Crippen LogP contribution in [0, 0.1) is 0 Å². The number of aromatic nitrogens is 1. The summed E-state index contributed by atoms with van der Waals surface area (Å²) in [6, 6.07) is 83.2. The zero-order valence-electron chi connectivity index (χ0n) is 31.8. The molecule has 1 N–H and O–H groups in total. The number of hydrogen-bond acceptors (Lipinski definition) is 2. The van der Waals surface area contributed by atoms with Crippen LogP contribution in [0.5, 0.6) is 0 Å². The van der Waals surface area contributed by atoms with Crippen molar-refractivity contribution in [3.63, 3.8) is 0 Å². The first-order chi connectivity index (χ1) is 28.8. The summed E-state index contributed by atoms with van der Waals surface area (Å²) < 4.78 is 2.84. The number of fused-ring (bicyclic) bond motifs is 6. The molecule has 0 fully saturated rings. The largest absolute Gasteiger partial charge is 0.356 e. The smallest absolute Gasteiger partial charge is 0.156 e. The van der Waals surface area contributed by atoms with Crippen LogP contribution in [0.1, 0.15) is 0 Å². The Hall–Kier alpha value is -7.66. The van der Waals surface area contributed by atoms with Crippen molar-refractivity contribution in [2.75, 3.05) is 10.2 Å². The van der Waals surface area contributed by atoms with E-state index in [2.05, 4.69) is 245 Å². The fourth-order valence-corrected chi connectivity index (χ4v) is 9.10. The van der Waals surface area contributed by atoms with Gasteiger partial charge in [-0.1, -0.05) is 109 Å². The van der Waals surface area contributed by atoms with Crippen molar-refractivity contribution in [3.05, 3.63) is 231 Å². The number of nitrogens with zero attached hydrogens (tertiary/aromatic N) is 3. The third kappa shape index (κ3) is 5.35. The molecule has 0 saturated carbocycles. The zero-order chi connectivity index (χ0) is 38.5. The molecule has 4 heteroatoms. The molecule has 1 atom stereocenters. The van der Waals surface area contributed by atoms with Crippen LogP contribution in [0.2, 0.25) is 0 Å². The Morgan fingerprint density at radius 2 is 0.845 bits per heavy atom. The summed E-state index contributed by atoms with van der Waals surface area (Å²) >= 11 is 0. The van der Waals surface area contributed by atoms with Crippen LogP contribution in [-0.2, 0) is 0 Å². The van der Waals surface area contributed by atoms with Crippen LogP contribution in [-0.4, -0.2) is 4.57 Å². The molecule has 1 unspecified atom stereocenters. The number of rotatable bonds is 8. The summed E-state index contributed by atoms with van der Waals surface area (Å²) in [5, 5.41) is 6.21. The van der Waals surface area contributed by atoms with Gasteiger partial charge in [0, 0.05) is 81.3 Å². The normalized spacial score (nSPS) is 14.3. The van der Waals surface area contributed by atoms with Gasteiger partial charge in [0.05, 0.1) is 22.2 Å². The van der Waals surface area contributed by atoms with Crippen molar-refractivity contribution >= 4 is 73.0 Å². The van der Waals surface area contributed by atoms with E-state index in [4.69, 9.17) is 0 Å². The summed E-state index contributed by atoms with van der Waals surface area (Å²) in [5.74, 6) is 0. The van der Waals surface area contributed by atoms with E-state index in [9.17, 15) is 0 Å². The minimum atomic E-state index is 0.446. The van der Waals surface area contributed by atoms with E-state index in [0.717, 1.165) is 39.8 Å². The van der Waals surface area contributed by atoms with Gasteiger partial charge in [-0.15, -0.1) is 0 Å². The van der Waals surface area contributed by atoms with E-state index in [1.54, 1.807) is 0 Å². The molecule has 1 aromatic heterocycles. The molecule has 0 saturated heterocycles. The molecule has 9 aromatic carbocycles. The average Bonchev–Trinajstić information content (AvgIpc) is 3.78. The second kappa shape index (κ2) is 13.8. The molecule has 10 aromatic rings. The third-order valence-corrected chi connectivity index (χ3v) is 11.6. The third-order valence-electron chi connectivity index (χ3n) is 11.6. The van der Waals surface area contributed by atoms with Crippen molar-refractivity contribution in [3.8, 4) is 16.8 Å². The summed E-state index contributed by atoms with van der Waals surface area (Å²) in [6.07, 6.45) is 0. The van der Waals surface area contributed by atoms with Gasteiger partial charge in [0.15, 0.2) is 11.4 Å². The molecule has 2 heterocycles. The second-order valence-electron chi connectivity index (χ2n) is 14.8. The molecule has 274 valence electrons. The van der Waals surface area contributed by atoms with Crippen molar-refractivity contribution in [1.82, 2.24) is 9.05 Å². The van der Waals surface area contributed by atoms with Crippen LogP contribution >= 0.6 is 0 Å². The maximum atomic E-state index is 3.69. The van der Waals surface area contributed by atoms with Gasteiger partial charge in [0.25, 0.3) is 0 Å². The number of para-hydroxylation sites is 6. The highest BCUT2D eigenvalue weighted by Gasteiger charge is 2.48. The van der Waals surface area contributed by atoms with Crippen molar-refractivity contribution < 1.29 is 0 Å². The molecule has 1 aliphatic heterocycles. The quantitative estimate of drug-likeness (QED) is 0.156. The zero-order valence-corrected chi connectivity index (χ0v) is 31.8. The van der Waals surface area contributed by atoms with Gasteiger partial charge >= 0.3 is 0 Å². The first kappa shape index (κ1) is 33.7. The minimum absolute atomic E-state index is 0.446. The maximum absolute atomic E-state index is 3.69. The molecule has 0 aliphatic carbocycles. The Bertz CT molecular complexity index is 2970. The number of quaternary nitrogens is 1. The fourth-order valence-electron chi connectivity index (χ4n) is 9.10. The molecule has 58 heavy (non-hydrogen) atoms. The molecular formula is C54H39N4+. The van der Waals surface area contributed by atoms with Gasteiger partial charge in [0.2, 0.25) is 0 Å². The number of anilines is 5. The molecule has 11 rings (SSSR count). The molecular weight excluding hydrogens is 705 g/mol. The number of hydrogen-bond donors (Lipinski definition) is 1. The molecule has 4 nitrogen and oxygen atoms in total. The van der Waals surface area contributed by atoms with Crippen molar-refractivity contribution in [2.45, 2.75) is 0 Å². The lowest BCUT2D eigenvalue weighted by molar-refractivity contribution is 0.721. The average molecular weight is 744 g/mol. The Kier molecular flexibility index (Phi) is 8.02. The van der Waals surface area contributed by atoms with Gasteiger partial charge in [-0.2, -0.15) is 4.48 Å². The Balaban J connectivity index is 1.15. The van der Waals surface area contributed by atoms with Crippen LogP contribution < -0.4 is 14.7 Å². The van der Waals surface area contributed by atoms with Crippen molar-refractivity contribution in [1.29, 1.82) is 0 Å². The maximum Gasteiger partial charge on any atom is 0.156 e. The minimum Gasteiger partial charge on any atom is -0.356 e. The van der Waals surface area contributed by atoms with E-state index in [0.29, 0.717) is 4.48 Å². The molecule has 0 amide bonds. The predicted octanol–water partition coefficient (Wildman–Crippen LogP) is 15.3. The van der Waals surface area contributed by atoms with E-state index in [1.165, 1.54) is 50.0 Å². The lowest BCUT2D eigenvalue weighted by Gasteiger charge is -2.34. The Labute approximate surface area is 338 Å². The topological polar surface area (TPSA) is 20.2 Å². The lowest BCUT2D eigenvalue weighted by Crippen LogP contribution is -2.31. The summed E-state index contributed by atoms with van der Waals surface area (Å²) in [5.41, 5.74) is 16.1. The van der Waals surface area contributed by atoms with Crippen LogP contribution in [0.25, 0.3) is 38.6 Å². The van der Waals surface area contributed by atoms with E-state index >= 15 is 0 Å². The van der Waals surface area contributed by atoms with E-state index in [1.807, 2.05) is 0 Å². The van der Waals surface area contributed by atoms with Crippen LogP contribution in [0.15, 0.2) is 231 Å². The molecule has 0 spiro atoms. The Morgan fingerprint density at radius 1 is 0.362 bits per heavy atom. The van der Waals surface area contributed by atoms with Crippen molar-refractivity contribution in [2.24, 2.45) is 0 Å². The lowest BCUT2D eigenvalue weighted by atomic mass is 10.0. The van der Waals surface area contributed by atoms with Gasteiger partial charge in [-0.3, -0.25) is 0 Å². The van der Waals surface area contributed by atoms with E-state index in [-0.39, 0.29) is 0 Å². The van der Waals surface area contributed by atoms with Gasteiger partial charge < -0.3 is 14.8 Å². The van der Waals surface area contributed by atoms with E-state index < -0.39 is 0 Å². The number of benzene rings is 9. The highest BCUT2D eigenvalue weighted by Crippen LogP contribution is 2.63. The van der Waals surface area contributed by atoms with Gasteiger partial charge in [-0.05, 0) is 84.9 Å². The second-order valence-corrected chi connectivity index (χ2v) is 14.8. The monoisotopic (exact) mass is 743 g/mol. The Morgan fingerprint density at radius 3 is 1.45 bits per heavy atom. The highest BCUT2D eigenvalue weighted by molar-refractivity contribution is 6.09. The summed E-state index contributed by atoms with van der Waals surface area (Å²) in [6.45, 7) is 0. The van der Waals surface area contributed by atoms with Crippen LogP contribution in [0.4, 0.5) is 51.2 Å². The first-order valence-corrected chi connectivity index (χ1v) is 19.8. The summed E-state index contributed by atoms with van der Waals surface area (Å²) in [7, 11) is 0. The predicted molar refractivity (Wildman–Crippen MR) is 244 cm³/mol. The fraction of sp³-hybridized carbons (Fsp3) is 0. The molecule has 0 bridgehead atoms. The van der Waals surface area contributed by atoms with Gasteiger partial charge in [-0.25, -0.2) is 0 Å². The summed E-state index contributed by atoms with van der Waals surface area (Å²) in [4.78, 5) is 2.35. The first-order valence-electron chi connectivity index (χ1n) is 19.8. The SMILES string of the molecule is c1ccc(Nc2ccc3c(c2)-c2cc(N(c4ccccc4)c4ccccc4)ccc2[N+]3(c2ccccc2)c2ccc(-n3c4ccccc4c4ccccc43)cc2)cc1. The number of nitrogens with one attached hydrogen (secondary N) is 1. The standard InChI is InChI=1S/C54H39N4/c1-5-17-39(18-6-1)55-40-29-35-53-49(37-40)50-38-44(56(41-19-7-2-8-20-41)42-21-9-3-10-22-42)32-36-54(50)58(53,45-23-11-4-12-24-45)46-33-30-43(31-34-46)57-51-27-15-13-25-47(51)48-26-14-16-28-52(48)57/h1-38,55H/q+1. The molecule has 0 radical (unpaired) electrons. The van der Waals surface area contributed by atoms with Gasteiger partial charge in [0.1, 0.15) is 11.4 Å². The highest BCUT2D eigenvalue weighted by atomic mass is 15.4.